The first-order valence-corrected chi connectivity index (χ1v) is 6.49. The van der Waals surface area contributed by atoms with Crippen LogP contribution in [0.1, 0.15) is 15.9 Å². The zero-order chi connectivity index (χ0) is 15.4. The van der Waals surface area contributed by atoms with Gasteiger partial charge in [0.2, 0.25) is 0 Å². The number of rotatable bonds is 5. The minimum atomic E-state index is -0.532. The Morgan fingerprint density at radius 2 is 1.90 bits per heavy atom. The van der Waals surface area contributed by atoms with Crippen molar-refractivity contribution in [2.45, 2.75) is 6.42 Å². The van der Waals surface area contributed by atoms with Crippen LogP contribution < -0.4 is 4.74 Å². The molecule has 0 bridgehead atoms. The average molecular weight is 306 g/mol. The fourth-order valence-corrected chi connectivity index (χ4v) is 2.03. The Hall–Kier alpha value is -2.40. The first kappa shape index (κ1) is 15.0. The predicted molar refractivity (Wildman–Crippen MR) is 79.1 cm³/mol. The number of carbonyl (C=O) groups is 1. The molecule has 108 valence electrons. The van der Waals surface area contributed by atoms with Crippen LogP contribution in [0.5, 0.6) is 5.75 Å². The number of methoxy groups -OCH3 is 1. The second-order valence-electron chi connectivity index (χ2n) is 4.37. The van der Waals surface area contributed by atoms with Gasteiger partial charge < -0.3 is 4.74 Å². The summed E-state index contributed by atoms with van der Waals surface area (Å²) in [7, 11) is 1.37. The third kappa shape index (κ3) is 3.58. The van der Waals surface area contributed by atoms with Crippen LogP contribution in [0.15, 0.2) is 42.5 Å². The normalized spacial score (nSPS) is 10.2. The summed E-state index contributed by atoms with van der Waals surface area (Å²) in [5, 5.41) is 11.3. The van der Waals surface area contributed by atoms with Crippen molar-refractivity contribution in [1.29, 1.82) is 0 Å². The van der Waals surface area contributed by atoms with Crippen molar-refractivity contribution in [3.63, 3.8) is 0 Å². The lowest BCUT2D eigenvalue weighted by molar-refractivity contribution is -0.384. The molecule has 0 spiro atoms. The lowest BCUT2D eigenvalue weighted by Crippen LogP contribution is -2.06. The summed E-state index contributed by atoms with van der Waals surface area (Å²) in [6.07, 6.45) is 0.172. The van der Waals surface area contributed by atoms with Gasteiger partial charge in [-0.1, -0.05) is 23.7 Å². The van der Waals surface area contributed by atoms with Crippen LogP contribution in [-0.4, -0.2) is 17.8 Å². The second-order valence-corrected chi connectivity index (χ2v) is 4.80. The standard InChI is InChI=1S/C15H12ClNO4/c1-21-15-9-12(17(19)20)6-7-13(15)14(18)8-10-2-4-11(16)5-3-10/h2-7,9H,8H2,1H3. The lowest BCUT2D eigenvalue weighted by atomic mass is 10.0. The zero-order valence-corrected chi connectivity index (χ0v) is 12.0. The Kier molecular flexibility index (Phi) is 4.55. The minimum absolute atomic E-state index is 0.116. The first-order chi connectivity index (χ1) is 10.0. The highest BCUT2D eigenvalue weighted by Gasteiger charge is 2.17. The number of benzene rings is 2. The van der Waals surface area contributed by atoms with Gasteiger partial charge in [-0.2, -0.15) is 0 Å². The number of halogens is 1. The van der Waals surface area contributed by atoms with Crippen LogP contribution in [0.4, 0.5) is 5.69 Å². The molecule has 0 fully saturated rings. The number of carbonyl (C=O) groups excluding carboxylic acids is 1. The summed E-state index contributed by atoms with van der Waals surface area (Å²) in [4.78, 5) is 22.5. The number of nitrogens with zero attached hydrogens (tertiary/aromatic N) is 1. The summed E-state index contributed by atoms with van der Waals surface area (Å²) in [5.41, 5.74) is 1.01. The lowest BCUT2D eigenvalue weighted by Gasteiger charge is -2.07. The molecule has 0 aliphatic heterocycles. The molecule has 2 aromatic carbocycles. The van der Waals surface area contributed by atoms with Crippen LogP contribution in [0.3, 0.4) is 0 Å². The van der Waals surface area contributed by atoms with Crippen LogP contribution in [0.2, 0.25) is 5.02 Å². The number of ether oxygens (including phenoxy) is 1. The maximum Gasteiger partial charge on any atom is 0.273 e. The summed E-state index contributed by atoms with van der Waals surface area (Å²) in [6.45, 7) is 0. The predicted octanol–water partition coefficient (Wildman–Crippen LogP) is 3.68. The van der Waals surface area contributed by atoms with Crippen LogP contribution in [0.25, 0.3) is 0 Å². The van der Waals surface area contributed by atoms with Gasteiger partial charge in [0, 0.05) is 17.5 Å². The van der Waals surface area contributed by atoms with Gasteiger partial charge in [0.1, 0.15) is 5.75 Å². The molecule has 0 aliphatic carbocycles. The van der Waals surface area contributed by atoms with E-state index in [1.165, 1.54) is 25.3 Å². The van der Waals surface area contributed by atoms with Crippen molar-refractivity contribution >= 4 is 23.1 Å². The van der Waals surface area contributed by atoms with Crippen molar-refractivity contribution in [1.82, 2.24) is 0 Å². The summed E-state index contributed by atoms with van der Waals surface area (Å²) in [6, 6.07) is 10.9. The molecule has 0 heterocycles. The summed E-state index contributed by atoms with van der Waals surface area (Å²) in [5.74, 6) is 0.0206. The van der Waals surface area contributed by atoms with Gasteiger partial charge in [-0.3, -0.25) is 14.9 Å². The molecular weight excluding hydrogens is 294 g/mol. The van der Waals surface area contributed by atoms with E-state index in [4.69, 9.17) is 16.3 Å². The monoisotopic (exact) mass is 305 g/mol. The van der Waals surface area contributed by atoms with Crippen LogP contribution >= 0.6 is 11.6 Å². The van der Waals surface area contributed by atoms with Crippen LogP contribution in [0, 0.1) is 10.1 Å². The summed E-state index contributed by atoms with van der Waals surface area (Å²) >= 11 is 5.79. The highest BCUT2D eigenvalue weighted by Crippen LogP contribution is 2.26. The second kappa shape index (κ2) is 6.37. The number of nitro groups is 1. The molecule has 0 unspecified atom stereocenters. The molecule has 21 heavy (non-hydrogen) atoms. The van der Waals surface area contributed by atoms with Crippen LogP contribution in [-0.2, 0) is 6.42 Å². The van der Waals surface area contributed by atoms with Crippen molar-refractivity contribution < 1.29 is 14.5 Å². The number of non-ortho nitro benzene ring substituents is 1. The number of hydrogen-bond acceptors (Lipinski definition) is 4. The third-order valence-corrected chi connectivity index (χ3v) is 3.23. The van der Waals surface area contributed by atoms with Crippen molar-refractivity contribution in [3.05, 3.63) is 68.7 Å². The van der Waals surface area contributed by atoms with Crippen molar-refractivity contribution in [3.8, 4) is 5.75 Å². The average Bonchev–Trinajstić information content (AvgIpc) is 2.48. The molecular formula is C15H12ClNO4. The van der Waals surface area contributed by atoms with Crippen molar-refractivity contribution in [2.24, 2.45) is 0 Å². The van der Waals surface area contributed by atoms with E-state index in [1.54, 1.807) is 24.3 Å². The molecule has 0 saturated heterocycles. The fraction of sp³-hybridized carbons (Fsp3) is 0.133. The maximum absolute atomic E-state index is 12.3. The van der Waals surface area contributed by atoms with E-state index < -0.39 is 4.92 Å². The minimum Gasteiger partial charge on any atom is -0.496 e. The van der Waals surface area contributed by atoms with E-state index in [0.717, 1.165) is 5.56 Å². The molecule has 0 radical (unpaired) electrons. The maximum atomic E-state index is 12.3. The molecule has 0 aliphatic rings. The summed E-state index contributed by atoms with van der Waals surface area (Å²) < 4.78 is 5.07. The molecule has 2 rings (SSSR count). The smallest absolute Gasteiger partial charge is 0.273 e. The highest BCUT2D eigenvalue weighted by molar-refractivity contribution is 6.30. The van der Waals surface area contributed by atoms with Gasteiger partial charge in [0.05, 0.1) is 23.7 Å². The van der Waals surface area contributed by atoms with E-state index in [2.05, 4.69) is 0 Å². The third-order valence-electron chi connectivity index (χ3n) is 2.97. The number of Topliss-reactive ketones (excluding diaryl/α,β-unsaturated/α-hetero) is 1. The van der Waals surface area contributed by atoms with Crippen molar-refractivity contribution in [2.75, 3.05) is 7.11 Å². The van der Waals surface area contributed by atoms with E-state index >= 15 is 0 Å². The highest BCUT2D eigenvalue weighted by atomic mass is 35.5. The fourth-order valence-electron chi connectivity index (χ4n) is 1.91. The largest absolute Gasteiger partial charge is 0.496 e. The number of ketones is 1. The van der Waals surface area contributed by atoms with Gasteiger partial charge in [-0.15, -0.1) is 0 Å². The van der Waals surface area contributed by atoms with E-state index in [-0.39, 0.29) is 23.6 Å². The Morgan fingerprint density at radius 1 is 1.24 bits per heavy atom. The Bertz CT molecular complexity index is 683. The molecule has 0 atom stereocenters. The number of hydrogen-bond donors (Lipinski definition) is 0. The Balaban J connectivity index is 2.26. The molecule has 0 amide bonds. The zero-order valence-electron chi connectivity index (χ0n) is 11.2. The van der Waals surface area contributed by atoms with Gasteiger partial charge in [0.25, 0.3) is 5.69 Å². The molecule has 2 aromatic rings. The van der Waals surface area contributed by atoms with Gasteiger partial charge in [-0.25, -0.2) is 0 Å². The van der Waals surface area contributed by atoms with E-state index in [1.807, 2.05) is 0 Å². The Labute approximate surface area is 126 Å². The molecule has 0 N–H and O–H groups in total. The van der Waals surface area contributed by atoms with Gasteiger partial charge >= 0.3 is 0 Å². The number of nitro benzene ring substituents is 1. The molecule has 5 nitrogen and oxygen atoms in total. The quantitative estimate of drug-likeness (QED) is 0.480. The first-order valence-electron chi connectivity index (χ1n) is 6.11. The molecule has 0 saturated carbocycles. The van der Waals surface area contributed by atoms with E-state index in [0.29, 0.717) is 10.6 Å². The van der Waals surface area contributed by atoms with Gasteiger partial charge in [-0.05, 0) is 23.8 Å². The molecule has 0 aromatic heterocycles. The SMILES string of the molecule is COc1cc([N+](=O)[O-])ccc1C(=O)Cc1ccc(Cl)cc1. The topological polar surface area (TPSA) is 69.4 Å². The van der Waals surface area contributed by atoms with Gasteiger partial charge in [0.15, 0.2) is 5.78 Å². The van der Waals surface area contributed by atoms with E-state index in [9.17, 15) is 14.9 Å². The molecule has 6 heteroatoms. The Morgan fingerprint density at radius 3 is 2.48 bits per heavy atom.